The summed E-state index contributed by atoms with van der Waals surface area (Å²) in [6.45, 7) is 4.03. The predicted molar refractivity (Wildman–Crippen MR) is 97.4 cm³/mol. The first-order chi connectivity index (χ1) is 12.0. The fourth-order valence-electron chi connectivity index (χ4n) is 2.47. The third-order valence-corrected chi connectivity index (χ3v) is 5.01. The van der Waals surface area contributed by atoms with Crippen molar-refractivity contribution in [3.8, 4) is 6.07 Å². The van der Waals surface area contributed by atoms with Crippen molar-refractivity contribution in [3.05, 3.63) is 70.5 Å². The SMILES string of the molecule is Cc1cc2cc(C#N)c(SCC(=O)c3ccc(F)cc3)nc2cc1C. The van der Waals surface area contributed by atoms with E-state index < -0.39 is 0 Å². The van der Waals surface area contributed by atoms with Crippen molar-refractivity contribution in [2.45, 2.75) is 18.9 Å². The summed E-state index contributed by atoms with van der Waals surface area (Å²) in [5.74, 6) is -0.363. The zero-order valence-corrected chi connectivity index (χ0v) is 14.7. The molecule has 124 valence electrons. The Balaban J connectivity index is 1.87. The van der Waals surface area contributed by atoms with Crippen molar-refractivity contribution in [2.75, 3.05) is 5.75 Å². The lowest BCUT2D eigenvalue weighted by atomic mass is 10.1. The lowest BCUT2D eigenvalue weighted by molar-refractivity contribution is 0.102. The number of hydrogen-bond donors (Lipinski definition) is 0. The monoisotopic (exact) mass is 350 g/mol. The molecule has 0 atom stereocenters. The lowest BCUT2D eigenvalue weighted by Crippen LogP contribution is -2.03. The molecule has 0 aliphatic rings. The Labute approximate surface area is 149 Å². The average Bonchev–Trinajstić information content (AvgIpc) is 2.60. The molecule has 0 N–H and O–H groups in total. The van der Waals surface area contributed by atoms with Crippen LogP contribution >= 0.6 is 11.8 Å². The number of pyridine rings is 1. The number of aromatic nitrogens is 1. The van der Waals surface area contributed by atoms with Gasteiger partial charge in [-0.2, -0.15) is 5.26 Å². The second kappa shape index (κ2) is 7.04. The van der Waals surface area contributed by atoms with Crippen LogP contribution in [0.4, 0.5) is 4.39 Å². The summed E-state index contributed by atoms with van der Waals surface area (Å²) in [6, 6.07) is 13.4. The standard InChI is InChI=1S/C20H15FN2OS/c1-12-7-15-9-16(10-22)20(23-18(15)8-13(12)2)25-11-19(24)14-3-5-17(21)6-4-14/h3-9H,11H2,1-2H3. The summed E-state index contributed by atoms with van der Waals surface area (Å²) < 4.78 is 12.9. The molecule has 0 aliphatic heterocycles. The van der Waals surface area contributed by atoms with E-state index in [-0.39, 0.29) is 17.4 Å². The Morgan fingerprint density at radius 1 is 1.16 bits per heavy atom. The van der Waals surface area contributed by atoms with Gasteiger partial charge in [0.25, 0.3) is 0 Å². The highest BCUT2D eigenvalue weighted by molar-refractivity contribution is 8.00. The maximum Gasteiger partial charge on any atom is 0.173 e. The second-order valence-electron chi connectivity index (χ2n) is 5.80. The third kappa shape index (κ3) is 3.70. The summed E-state index contributed by atoms with van der Waals surface area (Å²) in [6.07, 6.45) is 0. The molecule has 0 amide bonds. The molecular formula is C20H15FN2OS. The third-order valence-electron chi connectivity index (χ3n) is 4.02. The molecule has 0 unspecified atom stereocenters. The number of Topliss-reactive ketones (excluding diaryl/α,β-unsaturated/α-hetero) is 1. The van der Waals surface area contributed by atoms with Crippen LogP contribution in [0.15, 0.2) is 47.5 Å². The maximum atomic E-state index is 12.9. The van der Waals surface area contributed by atoms with Crippen LogP contribution in [0.5, 0.6) is 0 Å². The van der Waals surface area contributed by atoms with Crippen molar-refractivity contribution in [1.82, 2.24) is 4.98 Å². The van der Waals surface area contributed by atoms with E-state index in [9.17, 15) is 14.4 Å². The van der Waals surface area contributed by atoms with Crippen LogP contribution in [-0.2, 0) is 0 Å². The molecule has 0 saturated heterocycles. The van der Waals surface area contributed by atoms with Crippen LogP contribution in [0, 0.1) is 31.0 Å². The van der Waals surface area contributed by atoms with Crippen LogP contribution in [0.2, 0.25) is 0 Å². The molecule has 1 heterocycles. The molecule has 3 nitrogen and oxygen atoms in total. The lowest BCUT2D eigenvalue weighted by Gasteiger charge is -2.08. The van der Waals surface area contributed by atoms with Gasteiger partial charge in [-0.15, -0.1) is 0 Å². The zero-order valence-electron chi connectivity index (χ0n) is 13.8. The number of aryl methyl sites for hydroxylation is 2. The number of carbonyl (C=O) groups is 1. The molecule has 2 aromatic carbocycles. The molecule has 3 rings (SSSR count). The number of rotatable bonds is 4. The van der Waals surface area contributed by atoms with Gasteiger partial charge in [-0.05, 0) is 67.4 Å². The van der Waals surface area contributed by atoms with Gasteiger partial charge in [0.2, 0.25) is 0 Å². The van der Waals surface area contributed by atoms with Gasteiger partial charge in [0.05, 0.1) is 16.8 Å². The summed E-state index contributed by atoms with van der Waals surface area (Å²) in [5.41, 5.74) is 3.97. The van der Waals surface area contributed by atoms with Crippen LogP contribution < -0.4 is 0 Å². The summed E-state index contributed by atoms with van der Waals surface area (Å²) in [7, 11) is 0. The second-order valence-corrected chi connectivity index (χ2v) is 6.76. The fourth-order valence-corrected chi connectivity index (χ4v) is 3.32. The van der Waals surface area contributed by atoms with Crippen molar-refractivity contribution in [2.24, 2.45) is 0 Å². The van der Waals surface area contributed by atoms with E-state index in [0.29, 0.717) is 16.2 Å². The highest BCUT2D eigenvalue weighted by Gasteiger charge is 2.12. The Hall–Kier alpha value is -2.71. The van der Waals surface area contributed by atoms with Gasteiger partial charge in [-0.25, -0.2) is 9.37 Å². The molecule has 0 saturated carbocycles. The van der Waals surface area contributed by atoms with Crippen molar-refractivity contribution in [1.29, 1.82) is 5.26 Å². The van der Waals surface area contributed by atoms with Crippen LogP contribution in [-0.4, -0.2) is 16.5 Å². The van der Waals surface area contributed by atoms with Crippen LogP contribution in [0.25, 0.3) is 10.9 Å². The molecule has 1 aromatic heterocycles. The zero-order chi connectivity index (χ0) is 18.0. The molecule has 0 aliphatic carbocycles. The van der Waals surface area contributed by atoms with Gasteiger partial charge in [0, 0.05) is 10.9 Å². The summed E-state index contributed by atoms with van der Waals surface area (Å²) >= 11 is 1.23. The highest BCUT2D eigenvalue weighted by Crippen LogP contribution is 2.27. The molecule has 0 spiro atoms. The number of hydrogen-bond acceptors (Lipinski definition) is 4. The number of carbonyl (C=O) groups excluding carboxylic acids is 1. The largest absolute Gasteiger partial charge is 0.293 e. The van der Waals surface area contributed by atoms with E-state index in [1.54, 1.807) is 6.07 Å². The number of fused-ring (bicyclic) bond motifs is 1. The molecule has 3 aromatic rings. The topological polar surface area (TPSA) is 53.8 Å². The van der Waals surface area contributed by atoms with E-state index in [2.05, 4.69) is 11.1 Å². The Morgan fingerprint density at radius 3 is 2.52 bits per heavy atom. The first kappa shape index (κ1) is 17.1. The van der Waals surface area contributed by atoms with Crippen molar-refractivity contribution in [3.63, 3.8) is 0 Å². The van der Waals surface area contributed by atoms with Crippen LogP contribution in [0.3, 0.4) is 0 Å². The van der Waals surface area contributed by atoms with Gasteiger partial charge < -0.3 is 0 Å². The molecule has 0 fully saturated rings. The minimum Gasteiger partial charge on any atom is -0.293 e. The van der Waals surface area contributed by atoms with Crippen molar-refractivity contribution < 1.29 is 9.18 Å². The normalized spacial score (nSPS) is 10.6. The number of thioether (sulfide) groups is 1. The maximum absolute atomic E-state index is 12.9. The fraction of sp³-hybridized carbons (Fsp3) is 0.150. The number of ketones is 1. The molecule has 0 bridgehead atoms. The molecule has 25 heavy (non-hydrogen) atoms. The number of nitrogens with zero attached hydrogens (tertiary/aromatic N) is 2. The minimum atomic E-state index is -0.377. The Bertz CT molecular complexity index is 1010. The smallest absolute Gasteiger partial charge is 0.173 e. The number of benzene rings is 2. The first-order valence-corrected chi connectivity index (χ1v) is 8.70. The van der Waals surface area contributed by atoms with E-state index in [4.69, 9.17) is 0 Å². The molecule has 5 heteroatoms. The van der Waals surface area contributed by atoms with Gasteiger partial charge >= 0.3 is 0 Å². The number of halogens is 1. The van der Waals surface area contributed by atoms with Gasteiger partial charge in [0.15, 0.2) is 5.78 Å². The summed E-state index contributed by atoms with van der Waals surface area (Å²) in [4.78, 5) is 16.8. The Morgan fingerprint density at radius 2 is 1.84 bits per heavy atom. The van der Waals surface area contributed by atoms with Crippen molar-refractivity contribution >= 4 is 28.4 Å². The van der Waals surface area contributed by atoms with Crippen LogP contribution in [0.1, 0.15) is 27.0 Å². The number of nitriles is 1. The Kier molecular flexibility index (Phi) is 4.82. The molecular weight excluding hydrogens is 335 g/mol. The van der Waals surface area contributed by atoms with E-state index >= 15 is 0 Å². The van der Waals surface area contributed by atoms with Gasteiger partial charge in [0.1, 0.15) is 16.9 Å². The minimum absolute atomic E-state index is 0.129. The quantitative estimate of drug-likeness (QED) is 0.499. The van der Waals surface area contributed by atoms with E-state index in [1.807, 2.05) is 26.0 Å². The molecule has 0 radical (unpaired) electrons. The summed E-state index contributed by atoms with van der Waals surface area (Å²) in [5, 5.41) is 10.8. The van der Waals surface area contributed by atoms with Gasteiger partial charge in [-0.1, -0.05) is 11.8 Å². The van der Waals surface area contributed by atoms with E-state index in [0.717, 1.165) is 22.0 Å². The first-order valence-electron chi connectivity index (χ1n) is 7.71. The van der Waals surface area contributed by atoms with Gasteiger partial charge in [-0.3, -0.25) is 4.79 Å². The average molecular weight is 350 g/mol. The highest BCUT2D eigenvalue weighted by atomic mass is 32.2. The van der Waals surface area contributed by atoms with E-state index in [1.165, 1.54) is 36.0 Å². The predicted octanol–water partition coefficient (Wildman–Crippen LogP) is 4.84.